The molecule has 0 atom stereocenters. The number of nitrogens with one attached hydrogen (secondary N) is 2. The number of aryl methyl sites for hydroxylation is 1. The Morgan fingerprint density at radius 2 is 2.12 bits per heavy atom. The van der Waals surface area contributed by atoms with Crippen LogP contribution < -0.4 is 10.6 Å². The molecule has 0 amide bonds. The number of hydrogen-bond acceptors (Lipinski definition) is 5. The van der Waals surface area contributed by atoms with Crippen LogP contribution in [-0.4, -0.2) is 33.3 Å². The molecule has 2 N–H and O–H groups in total. The summed E-state index contributed by atoms with van der Waals surface area (Å²) in [4.78, 5) is 8.54. The molecular weight excluding hydrogens is 216 g/mol. The van der Waals surface area contributed by atoms with Gasteiger partial charge in [-0.2, -0.15) is 5.10 Å². The second-order valence-corrected chi connectivity index (χ2v) is 3.63. The standard InChI is InChI=1S/C11H16N6/c1-9-15-10(12-2)8-11(16-9)13-5-7-17-6-3-4-14-17/h3-4,6,8H,5,7H2,1-2H3,(H2,12,13,15,16). The molecule has 90 valence electrons. The number of anilines is 2. The zero-order valence-corrected chi connectivity index (χ0v) is 10.0. The molecule has 2 heterocycles. The second kappa shape index (κ2) is 5.29. The third-order valence-electron chi connectivity index (χ3n) is 2.30. The summed E-state index contributed by atoms with van der Waals surface area (Å²) in [6, 6.07) is 3.80. The molecule has 0 aliphatic heterocycles. The second-order valence-electron chi connectivity index (χ2n) is 3.63. The maximum Gasteiger partial charge on any atom is 0.131 e. The zero-order valence-electron chi connectivity index (χ0n) is 10.0. The van der Waals surface area contributed by atoms with E-state index in [1.165, 1.54) is 0 Å². The van der Waals surface area contributed by atoms with Crippen molar-refractivity contribution < 1.29 is 0 Å². The predicted molar refractivity (Wildman–Crippen MR) is 67.0 cm³/mol. The molecule has 6 nitrogen and oxygen atoms in total. The molecule has 2 rings (SSSR count). The van der Waals surface area contributed by atoms with Gasteiger partial charge in [0.05, 0.1) is 6.54 Å². The maximum absolute atomic E-state index is 4.31. The lowest BCUT2D eigenvalue weighted by molar-refractivity contribution is 0.637. The molecule has 17 heavy (non-hydrogen) atoms. The van der Waals surface area contributed by atoms with Crippen LogP contribution in [0.4, 0.5) is 11.6 Å². The molecule has 0 saturated heterocycles. The first-order valence-corrected chi connectivity index (χ1v) is 5.52. The van der Waals surface area contributed by atoms with Gasteiger partial charge >= 0.3 is 0 Å². The first-order valence-electron chi connectivity index (χ1n) is 5.52. The van der Waals surface area contributed by atoms with E-state index in [-0.39, 0.29) is 0 Å². The Balaban J connectivity index is 1.92. The van der Waals surface area contributed by atoms with E-state index in [1.54, 1.807) is 6.20 Å². The molecule has 6 heteroatoms. The van der Waals surface area contributed by atoms with Crippen LogP contribution in [0.15, 0.2) is 24.5 Å². The van der Waals surface area contributed by atoms with E-state index in [2.05, 4.69) is 25.7 Å². The molecule has 0 spiro atoms. The van der Waals surface area contributed by atoms with Gasteiger partial charge in [0.15, 0.2) is 0 Å². The van der Waals surface area contributed by atoms with Gasteiger partial charge in [-0.1, -0.05) is 0 Å². The fourth-order valence-corrected chi connectivity index (χ4v) is 1.52. The monoisotopic (exact) mass is 232 g/mol. The summed E-state index contributed by atoms with van der Waals surface area (Å²) >= 11 is 0. The SMILES string of the molecule is CNc1cc(NCCn2cccn2)nc(C)n1. The lowest BCUT2D eigenvalue weighted by atomic mass is 10.4. The van der Waals surface area contributed by atoms with Crippen LogP contribution in [0.3, 0.4) is 0 Å². The molecule has 0 fully saturated rings. The van der Waals surface area contributed by atoms with Crippen LogP contribution in [-0.2, 0) is 6.54 Å². The van der Waals surface area contributed by atoms with E-state index in [4.69, 9.17) is 0 Å². The van der Waals surface area contributed by atoms with Gasteiger partial charge in [0.25, 0.3) is 0 Å². The van der Waals surface area contributed by atoms with Crippen molar-refractivity contribution in [3.63, 3.8) is 0 Å². The van der Waals surface area contributed by atoms with E-state index in [9.17, 15) is 0 Å². The van der Waals surface area contributed by atoms with Crippen LogP contribution in [0, 0.1) is 6.92 Å². The fraction of sp³-hybridized carbons (Fsp3) is 0.364. The first kappa shape index (κ1) is 11.4. The van der Waals surface area contributed by atoms with E-state index in [0.717, 1.165) is 30.5 Å². The third kappa shape index (κ3) is 3.17. The lowest BCUT2D eigenvalue weighted by Gasteiger charge is -2.08. The maximum atomic E-state index is 4.31. The fourth-order valence-electron chi connectivity index (χ4n) is 1.52. The van der Waals surface area contributed by atoms with E-state index in [0.29, 0.717) is 0 Å². The van der Waals surface area contributed by atoms with Gasteiger partial charge in [-0.15, -0.1) is 0 Å². The summed E-state index contributed by atoms with van der Waals surface area (Å²) < 4.78 is 1.88. The van der Waals surface area contributed by atoms with Crippen molar-refractivity contribution in [1.29, 1.82) is 0 Å². The Kier molecular flexibility index (Phi) is 3.54. The van der Waals surface area contributed by atoms with Crippen LogP contribution in [0.25, 0.3) is 0 Å². The zero-order chi connectivity index (χ0) is 12.1. The quantitative estimate of drug-likeness (QED) is 0.809. The molecule has 0 radical (unpaired) electrons. The average Bonchev–Trinajstić information content (AvgIpc) is 2.81. The number of hydrogen-bond donors (Lipinski definition) is 2. The van der Waals surface area contributed by atoms with Crippen molar-refractivity contribution in [1.82, 2.24) is 19.7 Å². The van der Waals surface area contributed by atoms with Crippen LogP contribution >= 0.6 is 0 Å². The van der Waals surface area contributed by atoms with Gasteiger partial charge in [-0.3, -0.25) is 4.68 Å². The van der Waals surface area contributed by atoms with Gasteiger partial charge < -0.3 is 10.6 Å². The highest BCUT2D eigenvalue weighted by atomic mass is 15.3. The number of rotatable bonds is 5. The lowest BCUT2D eigenvalue weighted by Crippen LogP contribution is -2.12. The molecule has 2 aromatic heterocycles. The summed E-state index contributed by atoms with van der Waals surface area (Å²) in [5.74, 6) is 2.39. The molecule has 0 bridgehead atoms. The first-order chi connectivity index (χ1) is 8.28. The van der Waals surface area contributed by atoms with Crippen molar-refractivity contribution in [3.8, 4) is 0 Å². The summed E-state index contributed by atoms with van der Waals surface area (Å²) in [6.45, 7) is 3.46. The van der Waals surface area contributed by atoms with Crippen LogP contribution in [0.5, 0.6) is 0 Å². The summed E-state index contributed by atoms with van der Waals surface area (Å²) in [7, 11) is 1.84. The van der Waals surface area contributed by atoms with Gasteiger partial charge in [0.2, 0.25) is 0 Å². The van der Waals surface area contributed by atoms with Crippen molar-refractivity contribution in [2.75, 3.05) is 24.2 Å². The Morgan fingerprint density at radius 3 is 2.82 bits per heavy atom. The Morgan fingerprint density at radius 1 is 1.29 bits per heavy atom. The highest BCUT2D eigenvalue weighted by Crippen LogP contribution is 2.09. The minimum atomic E-state index is 0.749. The highest BCUT2D eigenvalue weighted by Gasteiger charge is 1.99. The number of aromatic nitrogens is 4. The van der Waals surface area contributed by atoms with Crippen LogP contribution in [0.1, 0.15) is 5.82 Å². The van der Waals surface area contributed by atoms with Crippen molar-refractivity contribution in [2.45, 2.75) is 13.5 Å². The van der Waals surface area contributed by atoms with Crippen molar-refractivity contribution in [2.24, 2.45) is 0 Å². The Labute approximate surface area is 100 Å². The van der Waals surface area contributed by atoms with Gasteiger partial charge in [0, 0.05) is 32.1 Å². The third-order valence-corrected chi connectivity index (χ3v) is 2.30. The normalized spacial score (nSPS) is 10.2. The van der Waals surface area contributed by atoms with Crippen molar-refractivity contribution in [3.05, 3.63) is 30.4 Å². The van der Waals surface area contributed by atoms with E-state index in [1.807, 2.05) is 37.0 Å². The largest absolute Gasteiger partial charge is 0.373 e. The highest BCUT2D eigenvalue weighted by molar-refractivity contribution is 5.46. The Bertz CT molecular complexity index is 465. The summed E-state index contributed by atoms with van der Waals surface area (Å²) in [6.07, 6.45) is 3.71. The summed E-state index contributed by atoms with van der Waals surface area (Å²) in [5, 5.41) is 10.4. The molecule has 0 aromatic carbocycles. The van der Waals surface area contributed by atoms with Gasteiger partial charge in [0.1, 0.15) is 17.5 Å². The number of nitrogens with zero attached hydrogens (tertiary/aromatic N) is 4. The molecule has 0 aliphatic carbocycles. The average molecular weight is 232 g/mol. The molecular formula is C11H16N6. The molecule has 0 saturated carbocycles. The molecule has 0 aliphatic rings. The minimum Gasteiger partial charge on any atom is -0.373 e. The Hall–Kier alpha value is -2.11. The van der Waals surface area contributed by atoms with Gasteiger partial charge in [-0.05, 0) is 13.0 Å². The smallest absolute Gasteiger partial charge is 0.131 e. The molecule has 0 unspecified atom stereocenters. The predicted octanol–water partition coefficient (Wildman–Crippen LogP) is 1.14. The van der Waals surface area contributed by atoms with Crippen molar-refractivity contribution >= 4 is 11.6 Å². The van der Waals surface area contributed by atoms with E-state index < -0.39 is 0 Å². The minimum absolute atomic E-state index is 0.749. The van der Waals surface area contributed by atoms with E-state index >= 15 is 0 Å². The van der Waals surface area contributed by atoms with Gasteiger partial charge in [-0.25, -0.2) is 9.97 Å². The summed E-state index contributed by atoms with van der Waals surface area (Å²) in [5.41, 5.74) is 0. The molecule has 2 aromatic rings. The van der Waals surface area contributed by atoms with Crippen LogP contribution in [0.2, 0.25) is 0 Å². The topological polar surface area (TPSA) is 67.7 Å².